The minimum Gasteiger partial charge on any atom is -0.299 e. The first-order chi connectivity index (χ1) is 18.0. The Bertz CT molecular complexity index is 1150. The number of rotatable bonds is 12. The van der Waals surface area contributed by atoms with Gasteiger partial charge in [-0.1, -0.05) is 145 Å². The fourth-order valence-electron chi connectivity index (χ4n) is 4.16. The maximum atomic E-state index is 10.3. The van der Waals surface area contributed by atoms with Crippen molar-refractivity contribution in [2.45, 2.75) is 74.7 Å². The Hall–Kier alpha value is -3.45. The Balaban J connectivity index is 2.62. The van der Waals surface area contributed by atoms with Crippen LogP contribution in [0.3, 0.4) is 0 Å². The molecular formula is C37H48O. The summed E-state index contributed by atoms with van der Waals surface area (Å²) < 4.78 is 0. The fraction of sp³-hybridized carbons (Fsp3) is 0.324. The van der Waals surface area contributed by atoms with Gasteiger partial charge in [0.25, 0.3) is 0 Å². The van der Waals surface area contributed by atoms with Gasteiger partial charge in [0.2, 0.25) is 0 Å². The van der Waals surface area contributed by atoms with Crippen LogP contribution in [0.2, 0.25) is 0 Å². The molecule has 0 unspecified atom stereocenters. The van der Waals surface area contributed by atoms with Gasteiger partial charge in [-0.25, -0.2) is 0 Å². The third-order valence-electron chi connectivity index (χ3n) is 6.48. The summed E-state index contributed by atoms with van der Waals surface area (Å²) in [5.74, 6) is 0. The van der Waals surface area contributed by atoms with Crippen molar-refractivity contribution in [3.8, 4) is 0 Å². The van der Waals surface area contributed by atoms with Crippen LogP contribution in [0.4, 0.5) is 0 Å². The standard InChI is InChI=1S/C37H48O/c1-30(18-11-20-32(3)21-12-22-33(4)24-15-29-38)16-9-10-17-31(2)19-13-23-34(5)26-27-36-35(6)25-14-28-37(36,7)8/h9-13,15-24,26-27,29H,14,25,28H2,1-8H3/b10-9+,18-11+,19-13+,21-12+,24-15?,27-26+,30-16+,31-17+,32-20+,33-22?,34-23+. The highest BCUT2D eigenvalue weighted by molar-refractivity contribution is 5.65. The molecule has 0 saturated carbocycles. The summed E-state index contributed by atoms with van der Waals surface area (Å²) in [6.45, 7) is 17.4. The molecule has 202 valence electrons. The van der Waals surface area contributed by atoms with Gasteiger partial charge in [-0.05, 0) is 77.9 Å². The zero-order valence-corrected chi connectivity index (χ0v) is 24.9. The van der Waals surface area contributed by atoms with E-state index in [4.69, 9.17) is 0 Å². The van der Waals surface area contributed by atoms with E-state index in [1.54, 1.807) is 6.08 Å². The monoisotopic (exact) mass is 508 g/mol. The van der Waals surface area contributed by atoms with Gasteiger partial charge >= 0.3 is 0 Å². The molecule has 0 N–H and O–H groups in total. The van der Waals surface area contributed by atoms with E-state index in [1.165, 1.54) is 53.2 Å². The van der Waals surface area contributed by atoms with Gasteiger partial charge < -0.3 is 0 Å². The van der Waals surface area contributed by atoms with E-state index in [9.17, 15) is 4.79 Å². The van der Waals surface area contributed by atoms with Crippen LogP contribution in [0.5, 0.6) is 0 Å². The van der Waals surface area contributed by atoms with Crippen molar-refractivity contribution in [1.29, 1.82) is 0 Å². The van der Waals surface area contributed by atoms with Crippen LogP contribution in [0.15, 0.2) is 142 Å². The van der Waals surface area contributed by atoms with Gasteiger partial charge in [0, 0.05) is 0 Å². The summed E-state index contributed by atoms with van der Waals surface area (Å²) >= 11 is 0. The van der Waals surface area contributed by atoms with Crippen LogP contribution in [-0.4, -0.2) is 6.29 Å². The molecule has 0 radical (unpaired) electrons. The molecule has 0 amide bonds. The van der Waals surface area contributed by atoms with Crippen LogP contribution in [0, 0.1) is 5.41 Å². The van der Waals surface area contributed by atoms with Crippen LogP contribution in [0.25, 0.3) is 0 Å². The molecule has 0 fully saturated rings. The van der Waals surface area contributed by atoms with E-state index >= 15 is 0 Å². The summed E-state index contributed by atoms with van der Waals surface area (Å²) in [5, 5.41) is 0. The predicted molar refractivity (Wildman–Crippen MR) is 170 cm³/mol. The third kappa shape index (κ3) is 14.3. The zero-order chi connectivity index (χ0) is 28.4. The SMILES string of the molecule is CC(C=CC=O)=C/C=C/C(C)=C/C=C/C(C)=C/C=C/C=C(C)/C=C/C=C(C)/C=C/C1=C(C)CCCC1(C)C. The largest absolute Gasteiger partial charge is 0.299 e. The summed E-state index contributed by atoms with van der Waals surface area (Å²) in [6.07, 6.45) is 39.5. The average molecular weight is 509 g/mol. The molecule has 0 aromatic rings. The van der Waals surface area contributed by atoms with Gasteiger partial charge in [0.15, 0.2) is 0 Å². The van der Waals surface area contributed by atoms with Gasteiger partial charge in [-0.3, -0.25) is 4.79 Å². The first kappa shape index (κ1) is 32.6. The fourth-order valence-corrected chi connectivity index (χ4v) is 4.16. The molecule has 0 aromatic heterocycles. The van der Waals surface area contributed by atoms with Crippen molar-refractivity contribution in [3.05, 3.63) is 142 Å². The predicted octanol–water partition coefficient (Wildman–Crippen LogP) is 10.8. The number of allylic oxidation sites excluding steroid dienone is 24. The van der Waals surface area contributed by atoms with E-state index in [-0.39, 0.29) is 5.41 Å². The Kier molecular flexibility index (Phi) is 15.4. The minimum absolute atomic E-state index is 0.282. The molecule has 0 spiro atoms. The molecular weight excluding hydrogens is 460 g/mol. The molecule has 0 heterocycles. The Morgan fingerprint density at radius 1 is 0.605 bits per heavy atom. The quantitative estimate of drug-likeness (QED) is 0.145. The minimum atomic E-state index is 0.282. The topological polar surface area (TPSA) is 17.1 Å². The second-order valence-electron chi connectivity index (χ2n) is 10.8. The van der Waals surface area contributed by atoms with Gasteiger partial charge in [-0.15, -0.1) is 0 Å². The second kappa shape index (κ2) is 17.9. The van der Waals surface area contributed by atoms with E-state index in [1.807, 2.05) is 25.2 Å². The van der Waals surface area contributed by atoms with Crippen molar-refractivity contribution in [3.63, 3.8) is 0 Å². The van der Waals surface area contributed by atoms with Gasteiger partial charge in [0.05, 0.1) is 0 Å². The van der Waals surface area contributed by atoms with Crippen molar-refractivity contribution in [2.24, 2.45) is 5.41 Å². The summed E-state index contributed by atoms with van der Waals surface area (Å²) in [7, 11) is 0. The van der Waals surface area contributed by atoms with E-state index < -0.39 is 0 Å². The first-order valence-electron chi connectivity index (χ1n) is 13.6. The Morgan fingerprint density at radius 2 is 1.00 bits per heavy atom. The molecule has 0 aromatic carbocycles. The van der Waals surface area contributed by atoms with E-state index in [2.05, 4.69) is 121 Å². The van der Waals surface area contributed by atoms with E-state index in [0.717, 1.165) is 17.4 Å². The number of carbonyl (C=O) groups is 1. The smallest absolute Gasteiger partial charge is 0.142 e. The molecule has 1 nitrogen and oxygen atoms in total. The lowest BCUT2D eigenvalue weighted by Gasteiger charge is -2.32. The lowest BCUT2D eigenvalue weighted by Crippen LogP contribution is -2.19. The van der Waals surface area contributed by atoms with Crippen molar-refractivity contribution in [1.82, 2.24) is 0 Å². The van der Waals surface area contributed by atoms with Gasteiger partial charge in [-0.2, -0.15) is 0 Å². The van der Waals surface area contributed by atoms with Crippen LogP contribution in [-0.2, 0) is 4.79 Å². The summed E-state index contributed by atoms with van der Waals surface area (Å²) in [6, 6.07) is 0. The summed E-state index contributed by atoms with van der Waals surface area (Å²) in [5.41, 5.74) is 9.17. The third-order valence-corrected chi connectivity index (χ3v) is 6.48. The van der Waals surface area contributed by atoms with Crippen LogP contribution >= 0.6 is 0 Å². The van der Waals surface area contributed by atoms with Gasteiger partial charge in [0.1, 0.15) is 6.29 Å². The zero-order valence-electron chi connectivity index (χ0n) is 24.9. The van der Waals surface area contributed by atoms with Crippen molar-refractivity contribution >= 4 is 6.29 Å². The first-order valence-corrected chi connectivity index (χ1v) is 13.6. The highest BCUT2D eigenvalue weighted by Crippen LogP contribution is 2.40. The maximum absolute atomic E-state index is 10.3. The molecule has 1 rings (SSSR count). The van der Waals surface area contributed by atoms with Crippen molar-refractivity contribution in [2.75, 3.05) is 0 Å². The average Bonchev–Trinajstić information content (AvgIpc) is 2.84. The van der Waals surface area contributed by atoms with Crippen LogP contribution < -0.4 is 0 Å². The van der Waals surface area contributed by atoms with Crippen LogP contribution in [0.1, 0.15) is 74.7 Å². The van der Waals surface area contributed by atoms with Crippen molar-refractivity contribution < 1.29 is 4.79 Å². The summed E-state index contributed by atoms with van der Waals surface area (Å²) in [4.78, 5) is 10.3. The molecule has 38 heavy (non-hydrogen) atoms. The lowest BCUT2D eigenvalue weighted by molar-refractivity contribution is -0.104. The molecule has 0 aliphatic heterocycles. The molecule has 0 bridgehead atoms. The Labute approximate surface area is 233 Å². The van der Waals surface area contributed by atoms with E-state index in [0.29, 0.717) is 0 Å². The highest BCUT2D eigenvalue weighted by atomic mass is 16.1. The number of hydrogen-bond donors (Lipinski definition) is 0. The molecule has 1 aliphatic carbocycles. The number of aldehydes is 1. The molecule has 0 saturated heterocycles. The molecule has 1 aliphatic rings. The number of carbonyl (C=O) groups excluding carboxylic acids is 1. The second-order valence-corrected chi connectivity index (χ2v) is 10.8. The Morgan fingerprint density at radius 3 is 1.42 bits per heavy atom. The normalized spacial score (nSPS) is 19.1. The molecule has 1 heteroatoms. The lowest BCUT2D eigenvalue weighted by atomic mass is 9.72. The number of hydrogen-bond acceptors (Lipinski definition) is 1. The molecule has 0 atom stereocenters. The maximum Gasteiger partial charge on any atom is 0.142 e. The highest BCUT2D eigenvalue weighted by Gasteiger charge is 2.26.